The number of benzene rings is 3. The van der Waals surface area contributed by atoms with Crippen LogP contribution in [0.25, 0.3) is 0 Å². The van der Waals surface area contributed by atoms with Crippen LogP contribution in [-0.2, 0) is 16.0 Å². The number of rotatable bonds is 11. The van der Waals surface area contributed by atoms with Gasteiger partial charge < -0.3 is 15.0 Å². The lowest BCUT2D eigenvalue weighted by Crippen LogP contribution is -2.37. The molecule has 3 rings (SSSR count). The molecule has 0 aliphatic heterocycles. The minimum atomic E-state index is -0.211. The molecule has 184 valence electrons. The van der Waals surface area contributed by atoms with Gasteiger partial charge >= 0.3 is 12.0 Å². The second-order valence-electron chi connectivity index (χ2n) is 8.32. The van der Waals surface area contributed by atoms with Gasteiger partial charge in [-0.1, -0.05) is 67.6 Å². The van der Waals surface area contributed by atoms with Gasteiger partial charge in [0, 0.05) is 22.0 Å². The Labute approximate surface area is 212 Å². The van der Waals surface area contributed by atoms with Gasteiger partial charge in [-0.2, -0.15) is 0 Å². The number of carbonyl (C=O) groups is 2. The maximum absolute atomic E-state index is 13.1. The molecule has 0 aliphatic carbocycles. The van der Waals surface area contributed by atoms with Crippen LogP contribution in [0.1, 0.15) is 50.8 Å². The summed E-state index contributed by atoms with van der Waals surface area (Å²) in [6.07, 6.45) is 2.27. The van der Waals surface area contributed by atoms with E-state index < -0.39 is 0 Å². The highest BCUT2D eigenvalue weighted by Crippen LogP contribution is 2.29. The number of hydrogen-bond donors (Lipinski definition) is 1. The lowest BCUT2D eigenvalue weighted by molar-refractivity contribution is -0.142. The minimum Gasteiger partial charge on any atom is -0.466 e. The second kappa shape index (κ2) is 13.6. The van der Waals surface area contributed by atoms with Gasteiger partial charge in [-0.3, -0.25) is 4.79 Å². The average molecular weight is 491 g/mol. The van der Waals surface area contributed by atoms with Crippen molar-refractivity contribution in [3.63, 3.8) is 0 Å². The van der Waals surface area contributed by atoms with Crippen molar-refractivity contribution in [1.82, 2.24) is 4.90 Å². The van der Waals surface area contributed by atoms with Crippen molar-refractivity contribution in [2.45, 2.75) is 55.9 Å². The average Bonchev–Trinajstić information content (AvgIpc) is 2.87. The van der Waals surface area contributed by atoms with E-state index in [1.54, 1.807) is 11.8 Å². The van der Waals surface area contributed by atoms with Gasteiger partial charge in [0.15, 0.2) is 0 Å². The summed E-state index contributed by atoms with van der Waals surface area (Å²) < 4.78 is 5.00. The Morgan fingerprint density at radius 2 is 1.54 bits per heavy atom. The van der Waals surface area contributed by atoms with E-state index in [2.05, 4.69) is 31.3 Å². The van der Waals surface area contributed by atoms with Crippen LogP contribution in [0.5, 0.6) is 0 Å². The van der Waals surface area contributed by atoms with Crippen LogP contribution in [0.4, 0.5) is 10.5 Å². The van der Waals surface area contributed by atoms with Gasteiger partial charge in [-0.25, -0.2) is 4.79 Å². The summed E-state index contributed by atoms with van der Waals surface area (Å²) in [6, 6.07) is 25.8. The zero-order chi connectivity index (χ0) is 25.0. The molecule has 1 N–H and O–H groups in total. The Morgan fingerprint density at radius 3 is 2.14 bits per heavy atom. The SMILES string of the molecule is CCCCN(C(=O)Nc1ccc(Sc2ccc(CC(=O)OCC)cc2)cc1)C(C)c1ccccc1. The molecule has 0 saturated heterocycles. The van der Waals surface area contributed by atoms with Gasteiger partial charge in [0.2, 0.25) is 0 Å². The van der Waals surface area contributed by atoms with Gasteiger partial charge in [0.05, 0.1) is 19.1 Å². The fourth-order valence-corrected chi connectivity index (χ4v) is 4.52. The number of nitrogens with zero attached hydrogens (tertiary/aromatic N) is 1. The van der Waals surface area contributed by atoms with E-state index in [-0.39, 0.29) is 24.5 Å². The Hall–Kier alpha value is -3.25. The molecule has 6 heteroatoms. The fourth-order valence-electron chi connectivity index (χ4n) is 3.70. The van der Waals surface area contributed by atoms with Gasteiger partial charge in [-0.05, 0) is 67.8 Å². The molecule has 0 fully saturated rings. The number of hydrogen-bond acceptors (Lipinski definition) is 4. The van der Waals surface area contributed by atoms with E-state index >= 15 is 0 Å². The molecule has 1 atom stereocenters. The van der Waals surface area contributed by atoms with Crippen molar-refractivity contribution in [3.05, 3.63) is 90.0 Å². The number of anilines is 1. The van der Waals surface area contributed by atoms with E-state index in [9.17, 15) is 9.59 Å². The number of amides is 2. The van der Waals surface area contributed by atoms with E-state index in [1.807, 2.05) is 78.6 Å². The maximum Gasteiger partial charge on any atom is 0.322 e. The number of urea groups is 1. The van der Waals surface area contributed by atoms with Gasteiger partial charge in [0.25, 0.3) is 0 Å². The highest BCUT2D eigenvalue weighted by Gasteiger charge is 2.21. The molecule has 0 heterocycles. The Bertz CT molecular complexity index is 1070. The van der Waals surface area contributed by atoms with Gasteiger partial charge in [0.1, 0.15) is 0 Å². The highest BCUT2D eigenvalue weighted by atomic mass is 32.2. The lowest BCUT2D eigenvalue weighted by atomic mass is 10.1. The van der Waals surface area contributed by atoms with Gasteiger partial charge in [-0.15, -0.1) is 0 Å². The van der Waals surface area contributed by atoms with Crippen LogP contribution in [0.2, 0.25) is 0 Å². The van der Waals surface area contributed by atoms with Crippen molar-refractivity contribution in [1.29, 1.82) is 0 Å². The monoisotopic (exact) mass is 490 g/mol. The number of unbranched alkanes of at least 4 members (excludes halogenated alkanes) is 1. The molecule has 0 spiro atoms. The van der Waals surface area contributed by atoms with Crippen molar-refractivity contribution < 1.29 is 14.3 Å². The molecule has 3 aromatic rings. The molecule has 2 amide bonds. The standard InChI is InChI=1S/C29H34N2O3S/c1-4-6-20-31(22(3)24-10-8-7-9-11-24)29(33)30-25-14-18-27(19-15-25)35-26-16-12-23(13-17-26)21-28(32)34-5-2/h7-19,22H,4-6,20-21H2,1-3H3,(H,30,33). The first-order valence-corrected chi connectivity index (χ1v) is 13.0. The third kappa shape index (κ3) is 8.18. The third-order valence-electron chi connectivity index (χ3n) is 5.68. The van der Waals surface area contributed by atoms with Crippen molar-refractivity contribution >= 4 is 29.4 Å². The Balaban J connectivity index is 1.60. The van der Waals surface area contributed by atoms with Crippen LogP contribution in [0.3, 0.4) is 0 Å². The molecule has 0 saturated carbocycles. The summed E-state index contributed by atoms with van der Waals surface area (Å²) >= 11 is 1.63. The van der Waals surface area contributed by atoms with Crippen LogP contribution in [0, 0.1) is 0 Å². The molecule has 0 radical (unpaired) electrons. The summed E-state index contributed by atoms with van der Waals surface area (Å²) in [6.45, 7) is 7.11. The zero-order valence-corrected chi connectivity index (χ0v) is 21.5. The maximum atomic E-state index is 13.1. The van der Waals surface area contributed by atoms with Crippen LogP contribution in [0.15, 0.2) is 88.7 Å². The topological polar surface area (TPSA) is 58.6 Å². The quantitative estimate of drug-likeness (QED) is 0.286. The highest BCUT2D eigenvalue weighted by molar-refractivity contribution is 7.99. The number of nitrogens with one attached hydrogen (secondary N) is 1. The molecule has 0 bridgehead atoms. The second-order valence-corrected chi connectivity index (χ2v) is 9.46. The first-order valence-electron chi connectivity index (χ1n) is 12.1. The molecule has 5 nitrogen and oxygen atoms in total. The van der Waals surface area contributed by atoms with Crippen molar-refractivity contribution in [2.75, 3.05) is 18.5 Å². The molecular formula is C29H34N2O3S. The number of ether oxygens (including phenoxy) is 1. The summed E-state index contributed by atoms with van der Waals surface area (Å²) in [5, 5.41) is 3.06. The summed E-state index contributed by atoms with van der Waals surface area (Å²) in [5.74, 6) is -0.211. The van der Waals surface area contributed by atoms with E-state index in [1.165, 1.54) is 0 Å². The molecule has 1 unspecified atom stereocenters. The molecular weight excluding hydrogens is 456 g/mol. The number of esters is 1. The van der Waals surface area contributed by atoms with Crippen LogP contribution >= 0.6 is 11.8 Å². The third-order valence-corrected chi connectivity index (χ3v) is 6.70. The molecule has 0 aromatic heterocycles. The largest absolute Gasteiger partial charge is 0.466 e. The van der Waals surface area contributed by atoms with E-state index in [4.69, 9.17) is 4.74 Å². The lowest BCUT2D eigenvalue weighted by Gasteiger charge is -2.30. The van der Waals surface area contributed by atoms with Crippen molar-refractivity contribution in [2.24, 2.45) is 0 Å². The molecule has 35 heavy (non-hydrogen) atoms. The Morgan fingerprint density at radius 1 is 0.914 bits per heavy atom. The van der Waals surface area contributed by atoms with Crippen LogP contribution < -0.4 is 5.32 Å². The predicted octanol–water partition coefficient (Wildman–Crippen LogP) is 7.34. The first kappa shape index (κ1) is 26.4. The molecule has 0 aliphatic rings. The number of carbonyl (C=O) groups excluding carboxylic acids is 2. The smallest absolute Gasteiger partial charge is 0.322 e. The summed E-state index contributed by atoms with van der Waals surface area (Å²) in [7, 11) is 0. The summed E-state index contributed by atoms with van der Waals surface area (Å²) in [4.78, 5) is 28.8. The van der Waals surface area contributed by atoms with E-state index in [0.29, 0.717) is 13.2 Å². The van der Waals surface area contributed by atoms with Crippen molar-refractivity contribution in [3.8, 4) is 0 Å². The molecule has 3 aromatic carbocycles. The predicted molar refractivity (Wildman–Crippen MR) is 143 cm³/mol. The van der Waals surface area contributed by atoms with E-state index in [0.717, 1.165) is 39.4 Å². The van der Waals surface area contributed by atoms with Crippen LogP contribution in [-0.4, -0.2) is 30.1 Å². The normalized spacial score (nSPS) is 11.5. The fraction of sp³-hybridized carbons (Fsp3) is 0.310. The zero-order valence-electron chi connectivity index (χ0n) is 20.7. The minimum absolute atomic E-state index is 0.00983. The summed E-state index contributed by atoms with van der Waals surface area (Å²) in [5.41, 5.74) is 2.83. The first-order chi connectivity index (χ1) is 17.0. The Kier molecular flexibility index (Phi) is 10.2.